The molecule has 1 aromatic rings. The van der Waals surface area contributed by atoms with Crippen LogP contribution in [0, 0.1) is 12.8 Å². The summed E-state index contributed by atoms with van der Waals surface area (Å²) in [4.78, 5) is 24.0. The average molecular weight is 289 g/mol. The Balaban J connectivity index is 2.12. The molecule has 114 valence electrons. The smallest absolute Gasteiger partial charge is 0.329 e. The Morgan fingerprint density at radius 2 is 1.81 bits per heavy atom. The number of rotatable bonds is 4. The first-order valence-corrected chi connectivity index (χ1v) is 7.59. The molecule has 0 aromatic heterocycles. The van der Waals surface area contributed by atoms with Gasteiger partial charge in [-0.25, -0.2) is 4.79 Å². The van der Waals surface area contributed by atoms with Gasteiger partial charge < -0.3 is 10.4 Å². The van der Waals surface area contributed by atoms with Crippen molar-refractivity contribution in [1.29, 1.82) is 0 Å². The molecule has 1 aliphatic rings. The van der Waals surface area contributed by atoms with Crippen LogP contribution in [0.15, 0.2) is 24.3 Å². The van der Waals surface area contributed by atoms with Gasteiger partial charge in [0.25, 0.3) is 5.91 Å². The van der Waals surface area contributed by atoms with Gasteiger partial charge in [0.05, 0.1) is 0 Å². The molecule has 1 amide bonds. The van der Waals surface area contributed by atoms with Crippen molar-refractivity contribution in [3.63, 3.8) is 0 Å². The van der Waals surface area contributed by atoms with Crippen LogP contribution in [-0.4, -0.2) is 22.5 Å². The van der Waals surface area contributed by atoms with Crippen LogP contribution in [0.3, 0.4) is 0 Å². The summed E-state index contributed by atoms with van der Waals surface area (Å²) in [5.74, 6) is -0.640. The normalized spacial score (nSPS) is 25.3. The van der Waals surface area contributed by atoms with Gasteiger partial charge in [0, 0.05) is 5.56 Å². The molecule has 1 saturated carbocycles. The third kappa shape index (κ3) is 3.43. The van der Waals surface area contributed by atoms with Crippen molar-refractivity contribution in [3.05, 3.63) is 35.4 Å². The van der Waals surface area contributed by atoms with E-state index in [1.807, 2.05) is 19.1 Å². The van der Waals surface area contributed by atoms with Crippen molar-refractivity contribution < 1.29 is 14.7 Å². The summed E-state index contributed by atoms with van der Waals surface area (Å²) in [6.07, 6.45) is 3.81. The standard InChI is InChI=1S/C17H23NO3/c1-3-13-8-10-17(11-9-13,16(20)21)18-15(19)14-6-4-12(2)5-7-14/h4-7,13H,3,8-11H2,1-2H3,(H,18,19)(H,20,21). The van der Waals surface area contributed by atoms with Crippen LogP contribution in [-0.2, 0) is 4.79 Å². The van der Waals surface area contributed by atoms with E-state index >= 15 is 0 Å². The van der Waals surface area contributed by atoms with E-state index in [0.29, 0.717) is 24.3 Å². The van der Waals surface area contributed by atoms with Crippen molar-refractivity contribution in [2.24, 2.45) is 5.92 Å². The first-order valence-electron chi connectivity index (χ1n) is 7.59. The number of hydrogen-bond donors (Lipinski definition) is 2. The molecule has 0 spiro atoms. The Morgan fingerprint density at radius 3 is 2.29 bits per heavy atom. The first-order chi connectivity index (χ1) is 9.97. The number of benzene rings is 1. The van der Waals surface area contributed by atoms with E-state index in [1.165, 1.54) is 0 Å². The number of carbonyl (C=O) groups excluding carboxylic acids is 1. The molecule has 1 fully saturated rings. The number of carboxylic acids is 1. The lowest BCUT2D eigenvalue weighted by Crippen LogP contribution is -2.56. The summed E-state index contributed by atoms with van der Waals surface area (Å²) >= 11 is 0. The molecule has 1 aromatic carbocycles. The second-order valence-electron chi connectivity index (χ2n) is 6.06. The van der Waals surface area contributed by atoms with Crippen molar-refractivity contribution in [3.8, 4) is 0 Å². The third-order valence-corrected chi connectivity index (χ3v) is 4.61. The van der Waals surface area contributed by atoms with Gasteiger partial charge in [-0.15, -0.1) is 0 Å². The molecule has 2 rings (SSSR count). The molecule has 0 heterocycles. The number of carbonyl (C=O) groups is 2. The number of carboxylic acid groups (broad SMARTS) is 1. The van der Waals surface area contributed by atoms with Crippen molar-refractivity contribution in [2.75, 3.05) is 0 Å². The highest BCUT2D eigenvalue weighted by atomic mass is 16.4. The fourth-order valence-corrected chi connectivity index (χ4v) is 2.97. The quantitative estimate of drug-likeness (QED) is 0.894. The van der Waals surface area contributed by atoms with Crippen LogP contribution in [0.1, 0.15) is 54.9 Å². The lowest BCUT2D eigenvalue weighted by Gasteiger charge is -2.37. The van der Waals surface area contributed by atoms with E-state index in [9.17, 15) is 14.7 Å². The maximum Gasteiger partial charge on any atom is 0.329 e. The zero-order valence-corrected chi connectivity index (χ0v) is 12.7. The number of hydrogen-bond acceptors (Lipinski definition) is 2. The van der Waals surface area contributed by atoms with Crippen LogP contribution in [0.4, 0.5) is 0 Å². The number of aliphatic carboxylic acids is 1. The fraction of sp³-hybridized carbons (Fsp3) is 0.529. The Morgan fingerprint density at radius 1 is 1.24 bits per heavy atom. The molecule has 0 aliphatic heterocycles. The molecule has 2 N–H and O–H groups in total. The minimum absolute atomic E-state index is 0.299. The molecule has 0 unspecified atom stereocenters. The summed E-state index contributed by atoms with van der Waals surface area (Å²) in [5.41, 5.74) is 0.481. The topological polar surface area (TPSA) is 66.4 Å². The highest BCUT2D eigenvalue weighted by Gasteiger charge is 2.43. The van der Waals surface area contributed by atoms with Gasteiger partial charge in [-0.1, -0.05) is 31.0 Å². The molecule has 0 bridgehead atoms. The molecule has 0 atom stereocenters. The van der Waals surface area contributed by atoms with Gasteiger partial charge in [0.15, 0.2) is 0 Å². The van der Waals surface area contributed by atoms with E-state index < -0.39 is 11.5 Å². The molecule has 0 radical (unpaired) electrons. The van der Waals surface area contributed by atoms with Gasteiger partial charge in [-0.2, -0.15) is 0 Å². The monoisotopic (exact) mass is 289 g/mol. The SMILES string of the molecule is CCC1CCC(NC(=O)c2ccc(C)cc2)(C(=O)O)CC1. The van der Waals surface area contributed by atoms with E-state index in [0.717, 1.165) is 24.8 Å². The molecule has 1 aliphatic carbocycles. The predicted octanol–water partition coefficient (Wildman–Crippen LogP) is 3.15. The van der Waals surface area contributed by atoms with Crippen LogP contribution in [0.2, 0.25) is 0 Å². The zero-order valence-electron chi connectivity index (χ0n) is 12.7. The number of aryl methyl sites for hydroxylation is 1. The summed E-state index contributed by atoms with van der Waals surface area (Å²) in [6, 6.07) is 7.18. The lowest BCUT2D eigenvalue weighted by molar-refractivity contribution is -0.146. The van der Waals surface area contributed by atoms with E-state index in [4.69, 9.17) is 0 Å². The van der Waals surface area contributed by atoms with Crippen LogP contribution in [0.25, 0.3) is 0 Å². The molecular weight excluding hydrogens is 266 g/mol. The third-order valence-electron chi connectivity index (χ3n) is 4.61. The maximum absolute atomic E-state index is 12.3. The highest BCUT2D eigenvalue weighted by Crippen LogP contribution is 2.34. The second-order valence-corrected chi connectivity index (χ2v) is 6.06. The number of nitrogens with one attached hydrogen (secondary N) is 1. The van der Waals surface area contributed by atoms with Gasteiger partial charge in [-0.3, -0.25) is 4.79 Å². The van der Waals surface area contributed by atoms with Gasteiger partial charge >= 0.3 is 5.97 Å². The lowest BCUT2D eigenvalue weighted by atomic mass is 9.75. The Labute approximate surface area is 125 Å². The van der Waals surface area contributed by atoms with Gasteiger partial charge in [0.1, 0.15) is 5.54 Å². The summed E-state index contributed by atoms with van der Waals surface area (Å²) in [5, 5.41) is 12.3. The van der Waals surface area contributed by atoms with Crippen LogP contribution in [0.5, 0.6) is 0 Å². The maximum atomic E-state index is 12.3. The molecule has 21 heavy (non-hydrogen) atoms. The molecular formula is C17H23NO3. The minimum Gasteiger partial charge on any atom is -0.480 e. The van der Waals surface area contributed by atoms with E-state index in [-0.39, 0.29) is 5.91 Å². The predicted molar refractivity (Wildman–Crippen MR) is 81.3 cm³/mol. The largest absolute Gasteiger partial charge is 0.480 e. The van der Waals surface area contributed by atoms with Crippen molar-refractivity contribution in [1.82, 2.24) is 5.32 Å². The Kier molecular flexibility index (Phi) is 4.66. The second kappa shape index (κ2) is 6.29. The Hall–Kier alpha value is -1.84. The van der Waals surface area contributed by atoms with Crippen LogP contribution < -0.4 is 5.32 Å². The average Bonchev–Trinajstić information content (AvgIpc) is 2.48. The first kappa shape index (κ1) is 15.5. The molecule has 4 nitrogen and oxygen atoms in total. The van der Waals surface area contributed by atoms with Crippen molar-refractivity contribution in [2.45, 2.75) is 51.5 Å². The number of amides is 1. The zero-order chi connectivity index (χ0) is 15.5. The van der Waals surface area contributed by atoms with Gasteiger partial charge in [-0.05, 0) is 50.7 Å². The summed E-state index contributed by atoms with van der Waals surface area (Å²) < 4.78 is 0. The van der Waals surface area contributed by atoms with Crippen molar-refractivity contribution >= 4 is 11.9 Å². The van der Waals surface area contributed by atoms with E-state index in [2.05, 4.69) is 12.2 Å². The van der Waals surface area contributed by atoms with E-state index in [1.54, 1.807) is 12.1 Å². The minimum atomic E-state index is -1.10. The fourth-order valence-electron chi connectivity index (χ4n) is 2.97. The molecule has 0 saturated heterocycles. The highest BCUT2D eigenvalue weighted by molar-refractivity contribution is 5.97. The molecule has 4 heteroatoms. The summed E-state index contributed by atoms with van der Waals surface area (Å²) in [6.45, 7) is 4.08. The van der Waals surface area contributed by atoms with Crippen LogP contribution >= 0.6 is 0 Å². The summed E-state index contributed by atoms with van der Waals surface area (Å²) in [7, 11) is 0. The van der Waals surface area contributed by atoms with Gasteiger partial charge in [0.2, 0.25) is 0 Å². The Bertz CT molecular complexity index is 513.